The van der Waals surface area contributed by atoms with Gasteiger partial charge < -0.3 is 71.1 Å². The number of aliphatic hydroxyl groups is 8. The molecule has 10 fully saturated rings. The maximum Gasteiger partial charge on any atom is 1.00 e. The molecule has 10 heterocycles. The molecule has 2 spiro atoms. The zero-order valence-corrected chi connectivity index (χ0v) is 86.5. The van der Waals surface area contributed by atoms with Crippen LogP contribution in [0.4, 0.5) is 0 Å². The summed E-state index contributed by atoms with van der Waals surface area (Å²) in [5.74, 6) is -1.21. The van der Waals surface area contributed by atoms with E-state index >= 15 is 0 Å². The molecule has 3 radical (unpaired) electrons. The van der Waals surface area contributed by atoms with Gasteiger partial charge in [0.25, 0.3) is 10.1 Å². The van der Waals surface area contributed by atoms with Crippen molar-refractivity contribution in [1.82, 2.24) is 34.9 Å². The van der Waals surface area contributed by atoms with Crippen LogP contribution in [0.2, 0.25) is 0 Å². The quantitative estimate of drug-likeness (QED) is 0.0479. The number of halogens is 7. The van der Waals surface area contributed by atoms with Gasteiger partial charge in [0.05, 0.1) is 90.5 Å². The minimum Gasteiger partial charge on any atom is -1.00 e. The number of rotatable bonds is 9. The third kappa shape index (κ3) is 34.5. The van der Waals surface area contributed by atoms with E-state index in [1.54, 1.807) is 105 Å². The van der Waals surface area contributed by atoms with Crippen LogP contribution in [-0.4, -0.2) is 185 Å². The normalized spacial score (nSPS) is 26.1. The van der Waals surface area contributed by atoms with E-state index in [2.05, 4.69) is 152 Å². The summed E-state index contributed by atoms with van der Waals surface area (Å²) in [5.41, 5.74) is -0.0312. The second-order valence-electron chi connectivity index (χ2n) is 32.5. The van der Waals surface area contributed by atoms with Gasteiger partial charge in [-0.2, -0.15) is 13.7 Å². The van der Waals surface area contributed by atoms with E-state index in [1.807, 2.05) is 44.2 Å². The van der Waals surface area contributed by atoms with Crippen molar-refractivity contribution in [1.29, 1.82) is 5.26 Å². The maximum absolute atomic E-state index is 11.1. The number of Topliss-reactive ketones (excluding diaryl/α,β-unsaturated/α-hetero) is 2. The van der Waals surface area contributed by atoms with E-state index in [-0.39, 0.29) is 75.0 Å². The number of hydrogen-bond donors (Lipinski definition) is 9. The summed E-state index contributed by atoms with van der Waals surface area (Å²) in [6.45, 7) is 7.44. The molecule has 1 unspecified atom stereocenters. The Balaban J connectivity index is 0.000000259. The number of nitriles is 1. The van der Waals surface area contributed by atoms with Crippen LogP contribution in [-0.2, 0) is 86.0 Å². The van der Waals surface area contributed by atoms with Gasteiger partial charge in [0.1, 0.15) is 11.6 Å². The molecule has 0 bridgehead atoms. The Hall–Kier alpha value is -3.84. The largest absolute Gasteiger partial charge is 1.00 e. The smallest absolute Gasteiger partial charge is 1.00 e. The van der Waals surface area contributed by atoms with Crippen molar-refractivity contribution in [3.8, 4) is 6.07 Å². The predicted octanol–water partition coefficient (Wildman–Crippen LogP) is 14.1. The molecule has 7 aliphatic carbocycles. The third-order valence-corrected chi connectivity index (χ3v) is 28.7. The van der Waals surface area contributed by atoms with Crippen LogP contribution >= 0.6 is 112 Å². The number of aliphatic carboxylic acids is 1. The Labute approximate surface area is 834 Å². The molecule has 7 aromatic rings. The van der Waals surface area contributed by atoms with Gasteiger partial charge in [0.15, 0.2) is 17.9 Å². The van der Waals surface area contributed by atoms with Crippen molar-refractivity contribution in [2.24, 2.45) is 11.8 Å². The van der Waals surface area contributed by atoms with Gasteiger partial charge in [-0.1, -0.05) is 13.8 Å². The van der Waals surface area contributed by atoms with Crippen molar-refractivity contribution < 1.29 is 128 Å². The number of nitrogens with zero attached hydrogens (tertiary/aromatic N) is 8. The molecule has 9 N–H and O–H groups in total. The topological polar surface area (TPSA) is 437 Å². The first-order chi connectivity index (χ1) is 60.0. The minimum absolute atomic E-state index is 0. The predicted molar refractivity (Wildman–Crippen MR) is 501 cm³/mol. The minimum atomic E-state index is -3.43. The van der Waals surface area contributed by atoms with Gasteiger partial charge in [-0.05, 0) is 295 Å². The van der Waals surface area contributed by atoms with E-state index in [4.69, 9.17) is 43.3 Å². The molecule has 1 atom stereocenters. The van der Waals surface area contributed by atoms with Crippen molar-refractivity contribution in [3.63, 3.8) is 0 Å². The molecular formula is C90H116BBr7N8NaO20S. The summed E-state index contributed by atoms with van der Waals surface area (Å²) < 4.78 is 60.0. The monoisotopic (exact) mass is 2250 g/mol. The molecule has 17 rings (SSSR count). The van der Waals surface area contributed by atoms with Crippen LogP contribution in [0.1, 0.15) is 241 Å². The zero-order valence-electron chi connectivity index (χ0n) is 73.6. The summed E-state index contributed by atoms with van der Waals surface area (Å²) in [7, 11) is -3.43. The first-order valence-electron chi connectivity index (χ1n) is 42.5. The summed E-state index contributed by atoms with van der Waals surface area (Å²) >= 11 is 23.6. The number of ether oxygens (including phenoxy) is 5. The van der Waals surface area contributed by atoms with Crippen molar-refractivity contribution in [2.45, 2.75) is 270 Å². The summed E-state index contributed by atoms with van der Waals surface area (Å²) in [4.78, 5) is 60.6. The summed E-state index contributed by atoms with van der Waals surface area (Å²) in [6.07, 6.45) is 42.2. The number of carboxylic acid groups (broad SMARTS) is 1. The van der Waals surface area contributed by atoms with Gasteiger partial charge in [-0.3, -0.25) is 53.5 Å². The Bertz CT molecular complexity index is 4710. The molecule has 10 aliphatic rings. The van der Waals surface area contributed by atoms with Gasteiger partial charge in [-0.25, -0.2) is 0 Å². The van der Waals surface area contributed by atoms with Gasteiger partial charge >= 0.3 is 35.5 Å². The van der Waals surface area contributed by atoms with E-state index in [9.17, 15) is 58.5 Å². The van der Waals surface area contributed by atoms with Gasteiger partial charge in [-0.15, -0.1) is 0 Å². The number of carboxylic acids is 1. The van der Waals surface area contributed by atoms with Gasteiger partial charge in [0, 0.05) is 230 Å². The molecule has 7 saturated carbocycles. The number of pyridine rings is 7. The molecule has 7 aromatic heterocycles. The Morgan fingerprint density at radius 2 is 0.742 bits per heavy atom. The maximum atomic E-state index is 11.1. The molecule has 3 aliphatic heterocycles. The first kappa shape index (κ1) is 113. The van der Waals surface area contributed by atoms with Gasteiger partial charge in [0.2, 0.25) is 0 Å². The standard InChI is InChI=1S/C13H16BrNO3.C12H13BrN2O.C12H16BrNO4S.C12H14BrNO3.C11H14BrNO2.C11H12BrNO2.C8H12O3.C5H4BrN.C4H8O2.C2H6.B.Na.H/c14-11-9-15-6-1-10(11)12(16)2-4-13(5-3-12)17-7-8-18-13;13-11-8-15-6-3-10(11)12(16)4-1-9(7-14)2-5-12;1-19(16,17)18-9-2-5-12(15,6-3-9)10-4-7-14-8-11(10)13;13-10-7-14-6-3-9(10)12(17)4-1-8(2-5-12)11(15)16;2*12-10-7-13-6-3-9(10)11(15)4-1-8(14)2-5-11;9-7-1-3-8(4-2-7)10-5-6-11-8;6-5-2-1-3-7-4-5;5-4-2-1-3-6-4;1-2;;;/h1,6,9,16H,2-5,7-8H2;3,6,8-9,16H,1-2,4-5H2;4,7-9,15H,2-3,5-6H2,1H3;3,6-8,17H,1-2,4-5H2,(H,15,16);3,6-8,14-15H,1-2,4-5H2;3,6-7,15H,1-2,4-5H2;1-6H2;1-4H;4-5H,1-3H2;1-2H3;;;/q;;;;;;;;;;;+1;-1. The molecule has 0 aromatic carbocycles. The number of carbonyl (C=O) groups is 3. The molecule has 3 saturated heterocycles. The van der Waals surface area contributed by atoms with Crippen molar-refractivity contribution in [3.05, 3.63) is 200 Å². The molecule has 38 heteroatoms. The van der Waals surface area contributed by atoms with Crippen molar-refractivity contribution in [2.75, 3.05) is 39.3 Å². The fourth-order valence-corrected chi connectivity index (χ4v) is 21.2. The number of aliphatic hydroxyl groups excluding tert-OH is 2. The third-order valence-electron chi connectivity index (χ3n) is 23.9. The van der Waals surface area contributed by atoms with Crippen LogP contribution < -0.4 is 29.6 Å². The Kier molecular flexibility index (Phi) is 47.8. The van der Waals surface area contributed by atoms with Crippen LogP contribution in [0.25, 0.3) is 0 Å². The number of ketones is 2. The molecule has 695 valence electrons. The van der Waals surface area contributed by atoms with E-state index in [0.717, 1.165) is 129 Å². The summed E-state index contributed by atoms with van der Waals surface area (Å²) in [6, 6.07) is 17.0. The molecule has 128 heavy (non-hydrogen) atoms. The molecular weight excluding hydrogens is 2140 g/mol. The SMILES string of the molecule is Brc1cccnc1.CC.CS(=O)(=O)OC1CCC(O)(c2ccncc2Br)CC1.N#CC1CCC(O)(c2ccncc2Br)CC1.O=C(O)C1CCC(O)(c2ccncc2Br)CC1.O=C1CCC(O)(c2ccncc2Br)CC1.O=C1CCC2(CC1)OCCO2.OC1(c2ccncc2Br)CCC2(CC1)OCCO2.OC1CCC(O)(c2ccncc2Br)CC1.OC1CCCO1.[B].[H-].[Na+]. The van der Waals surface area contributed by atoms with Crippen LogP contribution in [0.3, 0.4) is 0 Å². The van der Waals surface area contributed by atoms with E-state index in [1.165, 1.54) is 0 Å². The summed E-state index contributed by atoms with van der Waals surface area (Å²) in [5, 5.41) is 99.2. The molecule has 0 amide bonds. The Morgan fingerprint density at radius 3 is 1.02 bits per heavy atom. The Morgan fingerprint density at radius 1 is 0.438 bits per heavy atom. The number of hydrogen-bond acceptors (Lipinski definition) is 27. The average Bonchev–Trinajstić information content (AvgIpc) is 1.76. The molecule has 28 nitrogen and oxygen atoms in total. The van der Waals surface area contributed by atoms with Crippen molar-refractivity contribution >= 4 is 148 Å². The average molecular weight is 2260 g/mol. The number of carbonyl (C=O) groups excluding carboxylic acids is 2. The second kappa shape index (κ2) is 54.2. The zero-order chi connectivity index (χ0) is 91.8. The first-order valence-corrected chi connectivity index (χ1v) is 49.9. The van der Waals surface area contributed by atoms with E-state index in [0.29, 0.717) is 173 Å². The van der Waals surface area contributed by atoms with Crippen LogP contribution in [0, 0.1) is 23.2 Å². The second-order valence-corrected chi connectivity index (χ2v) is 40.1. The van der Waals surface area contributed by atoms with Crippen LogP contribution in [0.5, 0.6) is 0 Å². The fraction of sp³-hybridized carbons (Fsp3) is 0.567. The van der Waals surface area contributed by atoms with E-state index < -0.39 is 61.8 Å². The van der Waals surface area contributed by atoms with Crippen LogP contribution in [0.15, 0.2) is 167 Å². The fourth-order valence-electron chi connectivity index (χ4n) is 16.6. The number of aromatic nitrogens is 7.